The average Bonchev–Trinajstić information content (AvgIpc) is 2.71. The van der Waals surface area contributed by atoms with Gasteiger partial charge in [0, 0.05) is 25.2 Å². The van der Waals surface area contributed by atoms with Gasteiger partial charge in [0.1, 0.15) is 11.9 Å². The summed E-state index contributed by atoms with van der Waals surface area (Å²) in [7, 11) is 1.65. The smallest absolute Gasteiger partial charge is 0.250 e. The molecule has 0 radical (unpaired) electrons. The molecule has 0 spiro atoms. The van der Waals surface area contributed by atoms with Crippen LogP contribution < -0.4 is 10.1 Å². The summed E-state index contributed by atoms with van der Waals surface area (Å²) in [6.07, 6.45) is 0.184. The fraction of sp³-hybridized carbons (Fsp3) is 0.435. The molecule has 1 aliphatic heterocycles. The molecule has 162 valence electrons. The van der Waals surface area contributed by atoms with E-state index in [1.165, 1.54) is 0 Å². The van der Waals surface area contributed by atoms with E-state index in [2.05, 4.69) is 10.2 Å². The topological polar surface area (TPSA) is 50.8 Å². The van der Waals surface area contributed by atoms with Crippen molar-refractivity contribution in [1.29, 1.82) is 0 Å². The number of hydrogen-bond acceptors (Lipinski definition) is 4. The molecule has 5 nitrogen and oxygen atoms in total. The minimum atomic E-state index is -0.521. The molecule has 1 heterocycles. The lowest BCUT2D eigenvalue weighted by Gasteiger charge is -2.35. The molecule has 2 aromatic rings. The van der Waals surface area contributed by atoms with Crippen molar-refractivity contribution in [3.8, 4) is 5.75 Å². The average molecular weight is 451 g/mol. The van der Waals surface area contributed by atoms with E-state index in [-0.39, 0.29) is 5.91 Å². The molecule has 0 aromatic heterocycles. The van der Waals surface area contributed by atoms with E-state index < -0.39 is 11.6 Å². The standard InChI is InChI=1S/C23H28Cl2N2O3/c1-23(2,13-16-7-9-18(29-3)10-8-16)26-22(28)20-15-27(11-12-30-20)14-17-5-4-6-19(24)21(17)25/h4-10,20H,11-15H2,1-3H3,(H,26,28). The molecule has 3 rings (SSSR count). The predicted octanol–water partition coefficient (Wildman–Crippen LogP) is 4.34. The first-order chi connectivity index (χ1) is 14.3. The molecule has 1 saturated heterocycles. The van der Waals surface area contributed by atoms with Crippen LogP contribution in [0.4, 0.5) is 0 Å². The maximum atomic E-state index is 12.9. The molecule has 0 aliphatic carbocycles. The molecule has 1 amide bonds. The van der Waals surface area contributed by atoms with Crippen LogP contribution in [0.1, 0.15) is 25.0 Å². The molecule has 7 heteroatoms. The fourth-order valence-electron chi connectivity index (χ4n) is 3.63. The highest BCUT2D eigenvalue weighted by atomic mass is 35.5. The summed E-state index contributed by atoms with van der Waals surface area (Å²) in [5.41, 5.74) is 1.67. The van der Waals surface area contributed by atoms with Crippen molar-refractivity contribution in [3.05, 3.63) is 63.6 Å². The van der Waals surface area contributed by atoms with Gasteiger partial charge in [-0.25, -0.2) is 0 Å². The molecule has 1 N–H and O–H groups in total. The molecule has 1 fully saturated rings. The van der Waals surface area contributed by atoms with Crippen LogP contribution in [-0.2, 0) is 22.5 Å². The van der Waals surface area contributed by atoms with Crippen molar-refractivity contribution >= 4 is 29.1 Å². The van der Waals surface area contributed by atoms with E-state index in [1.54, 1.807) is 13.2 Å². The van der Waals surface area contributed by atoms with Crippen LogP contribution in [0.2, 0.25) is 10.0 Å². The molecule has 1 aliphatic rings. The number of halogens is 2. The summed E-state index contributed by atoms with van der Waals surface area (Å²) in [5.74, 6) is 0.714. The van der Waals surface area contributed by atoms with Gasteiger partial charge in [0.25, 0.3) is 5.91 Å². The predicted molar refractivity (Wildman–Crippen MR) is 120 cm³/mol. The van der Waals surface area contributed by atoms with Crippen LogP contribution in [0, 0.1) is 0 Å². The van der Waals surface area contributed by atoms with E-state index in [9.17, 15) is 4.79 Å². The second-order valence-corrected chi connectivity index (χ2v) is 8.99. The van der Waals surface area contributed by atoms with E-state index in [1.807, 2.05) is 50.2 Å². The van der Waals surface area contributed by atoms with Crippen molar-refractivity contribution in [1.82, 2.24) is 10.2 Å². The number of carbonyl (C=O) groups is 1. The normalized spacial score (nSPS) is 17.6. The molecule has 30 heavy (non-hydrogen) atoms. The molecule has 2 aromatic carbocycles. The molecule has 1 atom stereocenters. The lowest BCUT2D eigenvalue weighted by atomic mass is 9.94. The highest BCUT2D eigenvalue weighted by Crippen LogP contribution is 2.27. The Morgan fingerprint density at radius 2 is 1.97 bits per heavy atom. The number of benzene rings is 2. The van der Waals surface area contributed by atoms with Gasteiger partial charge in [-0.2, -0.15) is 0 Å². The third kappa shape index (κ3) is 6.11. The second kappa shape index (κ2) is 10.0. The van der Waals surface area contributed by atoms with Crippen LogP contribution in [0.3, 0.4) is 0 Å². The monoisotopic (exact) mass is 450 g/mol. The molecule has 0 saturated carbocycles. The van der Waals surface area contributed by atoms with E-state index in [0.717, 1.165) is 23.4 Å². The minimum absolute atomic E-state index is 0.101. The molecular weight excluding hydrogens is 423 g/mol. The third-order valence-electron chi connectivity index (χ3n) is 5.14. The number of ether oxygens (including phenoxy) is 2. The number of nitrogens with zero attached hydrogens (tertiary/aromatic N) is 1. The maximum Gasteiger partial charge on any atom is 0.250 e. The van der Waals surface area contributed by atoms with E-state index in [4.69, 9.17) is 32.7 Å². The van der Waals surface area contributed by atoms with Gasteiger partial charge < -0.3 is 14.8 Å². The summed E-state index contributed by atoms with van der Waals surface area (Å²) in [6.45, 7) is 6.40. The highest BCUT2D eigenvalue weighted by Gasteiger charge is 2.31. The molecular formula is C23H28Cl2N2O3. The Morgan fingerprint density at radius 1 is 1.23 bits per heavy atom. The Hall–Kier alpha value is -1.79. The van der Waals surface area contributed by atoms with Crippen LogP contribution in [0.5, 0.6) is 5.75 Å². The van der Waals surface area contributed by atoms with Crippen LogP contribution >= 0.6 is 23.2 Å². The Balaban J connectivity index is 1.57. The first kappa shape index (κ1) is 22.9. The quantitative estimate of drug-likeness (QED) is 0.681. The van der Waals surface area contributed by atoms with Crippen molar-refractivity contribution in [2.75, 3.05) is 26.8 Å². The van der Waals surface area contributed by atoms with Gasteiger partial charge >= 0.3 is 0 Å². The molecule has 0 bridgehead atoms. The summed E-state index contributed by atoms with van der Waals surface area (Å²) in [5, 5.41) is 4.24. The Kier molecular flexibility index (Phi) is 7.64. The highest BCUT2D eigenvalue weighted by molar-refractivity contribution is 6.42. The first-order valence-electron chi connectivity index (χ1n) is 9.99. The summed E-state index contributed by atoms with van der Waals surface area (Å²) >= 11 is 12.4. The Bertz CT molecular complexity index is 871. The number of carbonyl (C=O) groups excluding carboxylic acids is 1. The molecule has 1 unspecified atom stereocenters. The Morgan fingerprint density at radius 3 is 2.67 bits per heavy atom. The number of rotatable bonds is 7. The van der Waals surface area contributed by atoms with Gasteiger partial charge in [-0.1, -0.05) is 47.5 Å². The van der Waals surface area contributed by atoms with Crippen LogP contribution in [0.15, 0.2) is 42.5 Å². The van der Waals surface area contributed by atoms with Crippen LogP contribution in [0.25, 0.3) is 0 Å². The van der Waals surface area contributed by atoms with Crippen LogP contribution in [-0.4, -0.2) is 49.3 Å². The second-order valence-electron chi connectivity index (χ2n) is 8.21. The number of nitrogens with one attached hydrogen (secondary N) is 1. The van der Waals surface area contributed by atoms with Crippen molar-refractivity contribution < 1.29 is 14.3 Å². The van der Waals surface area contributed by atoms with Crippen molar-refractivity contribution in [2.24, 2.45) is 0 Å². The summed E-state index contributed by atoms with van der Waals surface area (Å²) in [6, 6.07) is 13.5. The van der Waals surface area contributed by atoms with Crippen molar-refractivity contribution in [2.45, 2.75) is 38.5 Å². The van der Waals surface area contributed by atoms with E-state index in [0.29, 0.717) is 36.2 Å². The van der Waals surface area contributed by atoms with Gasteiger partial charge in [-0.15, -0.1) is 0 Å². The number of morpholine rings is 1. The van der Waals surface area contributed by atoms with Gasteiger partial charge in [0.15, 0.2) is 0 Å². The fourth-order valence-corrected chi connectivity index (χ4v) is 4.01. The zero-order chi connectivity index (χ0) is 21.7. The summed E-state index contributed by atoms with van der Waals surface area (Å²) < 4.78 is 11.0. The number of hydrogen-bond donors (Lipinski definition) is 1. The number of methoxy groups -OCH3 is 1. The SMILES string of the molecule is COc1ccc(CC(C)(C)NC(=O)C2CN(Cc3cccc(Cl)c3Cl)CCO2)cc1. The largest absolute Gasteiger partial charge is 0.497 e. The zero-order valence-corrected chi connectivity index (χ0v) is 19.1. The zero-order valence-electron chi connectivity index (χ0n) is 17.6. The first-order valence-corrected chi connectivity index (χ1v) is 10.7. The van der Waals surface area contributed by atoms with E-state index >= 15 is 0 Å². The lowest BCUT2D eigenvalue weighted by molar-refractivity contribution is -0.140. The minimum Gasteiger partial charge on any atom is -0.497 e. The number of amides is 1. The third-order valence-corrected chi connectivity index (χ3v) is 5.99. The maximum absolute atomic E-state index is 12.9. The summed E-state index contributed by atoms with van der Waals surface area (Å²) in [4.78, 5) is 15.1. The van der Waals surface area contributed by atoms with Gasteiger partial charge in [-0.05, 0) is 49.6 Å². The Labute approximate surface area is 188 Å². The lowest BCUT2D eigenvalue weighted by Crippen LogP contribution is -2.54. The van der Waals surface area contributed by atoms with Crippen molar-refractivity contribution in [3.63, 3.8) is 0 Å². The van der Waals surface area contributed by atoms with Gasteiger partial charge in [0.05, 0.1) is 23.8 Å². The van der Waals surface area contributed by atoms with Gasteiger partial charge in [-0.3, -0.25) is 9.69 Å². The van der Waals surface area contributed by atoms with Gasteiger partial charge in [0.2, 0.25) is 0 Å².